The Balaban J connectivity index is 1.45. The number of hydrogen-bond acceptors (Lipinski definition) is 3. The van der Waals surface area contributed by atoms with Gasteiger partial charge in [-0.25, -0.2) is 9.18 Å². The van der Waals surface area contributed by atoms with Crippen LogP contribution in [0.1, 0.15) is 24.1 Å². The lowest BCUT2D eigenvalue weighted by Crippen LogP contribution is -2.38. The van der Waals surface area contributed by atoms with Crippen molar-refractivity contribution < 1.29 is 13.9 Å². The SMILES string of the molecule is COCCSc1ccc(C(C)NC(=O)NCCc2c[nH]c3cc(F)ccc23)cc1. The molecule has 0 saturated carbocycles. The van der Waals surface area contributed by atoms with Crippen LogP contribution in [0.5, 0.6) is 0 Å². The number of rotatable bonds is 9. The number of ether oxygens (including phenoxy) is 1. The zero-order valence-electron chi connectivity index (χ0n) is 16.6. The minimum absolute atomic E-state index is 0.0934. The number of thioether (sulfide) groups is 1. The van der Waals surface area contributed by atoms with Crippen LogP contribution in [0.3, 0.4) is 0 Å². The van der Waals surface area contributed by atoms with Crippen LogP contribution in [0.25, 0.3) is 10.9 Å². The number of carbonyl (C=O) groups is 1. The molecule has 1 unspecified atom stereocenters. The zero-order valence-corrected chi connectivity index (χ0v) is 17.4. The first kappa shape index (κ1) is 21.2. The van der Waals surface area contributed by atoms with E-state index in [1.807, 2.05) is 25.3 Å². The molecule has 1 atom stereocenters. The molecule has 2 amide bonds. The van der Waals surface area contributed by atoms with Crippen molar-refractivity contribution in [2.45, 2.75) is 24.3 Å². The van der Waals surface area contributed by atoms with E-state index in [1.54, 1.807) is 24.9 Å². The fourth-order valence-corrected chi connectivity index (χ4v) is 3.92. The van der Waals surface area contributed by atoms with Crippen molar-refractivity contribution in [2.75, 3.05) is 26.0 Å². The van der Waals surface area contributed by atoms with Crippen molar-refractivity contribution in [2.24, 2.45) is 0 Å². The summed E-state index contributed by atoms with van der Waals surface area (Å²) in [5.41, 5.74) is 2.87. The first-order valence-corrected chi connectivity index (χ1v) is 10.6. The molecule has 0 saturated heterocycles. The minimum Gasteiger partial charge on any atom is -0.384 e. The molecule has 3 aromatic rings. The summed E-state index contributed by atoms with van der Waals surface area (Å²) in [6.07, 6.45) is 2.53. The number of aromatic amines is 1. The number of methoxy groups -OCH3 is 1. The lowest BCUT2D eigenvalue weighted by molar-refractivity contribution is 0.218. The topological polar surface area (TPSA) is 66.2 Å². The highest BCUT2D eigenvalue weighted by Crippen LogP contribution is 2.21. The number of H-pyrrole nitrogens is 1. The third-order valence-electron chi connectivity index (χ3n) is 4.69. The molecule has 0 aliphatic heterocycles. The third kappa shape index (κ3) is 5.98. The summed E-state index contributed by atoms with van der Waals surface area (Å²) in [5, 5.41) is 6.82. The van der Waals surface area contributed by atoms with Gasteiger partial charge in [-0.2, -0.15) is 0 Å². The summed E-state index contributed by atoms with van der Waals surface area (Å²) in [4.78, 5) is 16.5. The molecule has 154 valence electrons. The number of halogens is 1. The van der Waals surface area contributed by atoms with Crippen LogP contribution in [0.15, 0.2) is 53.6 Å². The Morgan fingerprint density at radius 1 is 1.24 bits per heavy atom. The monoisotopic (exact) mass is 415 g/mol. The largest absolute Gasteiger partial charge is 0.384 e. The second-order valence-electron chi connectivity index (χ2n) is 6.79. The zero-order chi connectivity index (χ0) is 20.6. The van der Waals surface area contributed by atoms with E-state index in [0.717, 1.165) is 34.4 Å². The molecular weight excluding hydrogens is 389 g/mol. The van der Waals surface area contributed by atoms with Gasteiger partial charge >= 0.3 is 6.03 Å². The maximum Gasteiger partial charge on any atom is 0.315 e. The fourth-order valence-electron chi connectivity index (χ4n) is 3.10. The molecule has 0 fully saturated rings. The quantitative estimate of drug-likeness (QED) is 0.352. The molecule has 29 heavy (non-hydrogen) atoms. The van der Waals surface area contributed by atoms with Crippen molar-refractivity contribution >= 4 is 28.7 Å². The van der Waals surface area contributed by atoms with Gasteiger partial charge in [0.25, 0.3) is 0 Å². The molecule has 3 N–H and O–H groups in total. The van der Waals surface area contributed by atoms with E-state index in [2.05, 4.69) is 27.8 Å². The maximum atomic E-state index is 13.3. The van der Waals surface area contributed by atoms with Crippen LogP contribution >= 0.6 is 11.8 Å². The summed E-state index contributed by atoms with van der Waals surface area (Å²) in [6, 6.07) is 12.6. The molecule has 0 bridgehead atoms. The van der Waals surface area contributed by atoms with Gasteiger partial charge in [-0.1, -0.05) is 12.1 Å². The molecule has 5 nitrogen and oxygen atoms in total. The van der Waals surface area contributed by atoms with E-state index < -0.39 is 0 Å². The van der Waals surface area contributed by atoms with Gasteiger partial charge in [-0.3, -0.25) is 0 Å². The highest BCUT2D eigenvalue weighted by molar-refractivity contribution is 7.99. The normalized spacial score (nSPS) is 12.1. The van der Waals surface area contributed by atoms with Crippen LogP contribution in [0, 0.1) is 5.82 Å². The van der Waals surface area contributed by atoms with E-state index in [1.165, 1.54) is 17.0 Å². The van der Waals surface area contributed by atoms with Crippen LogP contribution in [-0.2, 0) is 11.2 Å². The lowest BCUT2D eigenvalue weighted by atomic mass is 10.1. The number of carbonyl (C=O) groups excluding carboxylic acids is 1. The van der Waals surface area contributed by atoms with E-state index in [4.69, 9.17) is 4.74 Å². The number of aromatic nitrogens is 1. The minimum atomic E-state index is -0.265. The maximum absolute atomic E-state index is 13.3. The molecule has 0 spiro atoms. The predicted molar refractivity (Wildman–Crippen MR) is 116 cm³/mol. The molecule has 2 aromatic carbocycles. The third-order valence-corrected chi connectivity index (χ3v) is 5.67. The van der Waals surface area contributed by atoms with Crippen molar-refractivity contribution in [3.8, 4) is 0 Å². The number of fused-ring (bicyclic) bond motifs is 1. The predicted octanol–water partition coefficient (Wildman–Crippen LogP) is 4.65. The molecule has 7 heteroatoms. The van der Waals surface area contributed by atoms with E-state index in [9.17, 15) is 9.18 Å². The molecule has 0 aliphatic rings. The van der Waals surface area contributed by atoms with E-state index in [0.29, 0.717) is 13.0 Å². The highest BCUT2D eigenvalue weighted by Gasteiger charge is 2.10. The van der Waals surface area contributed by atoms with E-state index >= 15 is 0 Å². The molecule has 1 aromatic heterocycles. The first-order chi connectivity index (χ1) is 14.1. The summed E-state index contributed by atoms with van der Waals surface area (Å²) < 4.78 is 18.3. The van der Waals surface area contributed by atoms with Gasteiger partial charge in [-0.15, -0.1) is 11.8 Å². The molecule has 3 rings (SSSR count). The van der Waals surface area contributed by atoms with Crippen LogP contribution in [-0.4, -0.2) is 37.0 Å². The number of urea groups is 1. The van der Waals surface area contributed by atoms with Crippen molar-refractivity contribution in [3.05, 3.63) is 65.6 Å². The smallest absolute Gasteiger partial charge is 0.315 e. The summed E-state index contributed by atoms with van der Waals surface area (Å²) in [7, 11) is 1.70. The summed E-state index contributed by atoms with van der Waals surface area (Å²) in [5.74, 6) is 0.649. The second kappa shape index (κ2) is 10.3. The van der Waals surface area contributed by atoms with Gasteiger partial charge in [0.2, 0.25) is 0 Å². The van der Waals surface area contributed by atoms with Crippen LogP contribution < -0.4 is 10.6 Å². The average molecular weight is 416 g/mol. The van der Waals surface area contributed by atoms with Crippen molar-refractivity contribution in [1.82, 2.24) is 15.6 Å². The van der Waals surface area contributed by atoms with Crippen LogP contribution in [0.4, 0.5) is 9.18 Å². The Kier molecular flexibility index (Phi) is 7.55. The Bertz CT molecular complexity index is 943. The fraction of sp³-hybridized carbons (Fsp3) is 0.318. The highest BCUT2D eigenvalue weighted by atomic mass is 32.2. The van der Waals surface area contributed by atoms with Gasteiger partial charge in [0.15, 0.2) is 0 Å². The summed E-state index contributed by atoms with van der Waals surface area (Å²) in [6.45, 7) is 3.18. The number of nitrogens with one attached hydrogen (secondary N) is 3. The first-order valence-electron chi connectivity index (χ1n) is 9.58. The van der Waals surface area contributed by atoms with Gasteiger partial charge in [0.05, 0.1) is 12.6 Å². The van der Waals surface area contributed by atoms with Crippen LogP contribution in [0.2, 0.25) is 0 Å². The van der Waals surface area contributed by atoms with Gasteiger partial charge < -0.3 is 20.4 Å². The van der Waals surface area contributed by atoms with Gasteiger partial charge in [0.1, 0.15) is 5.82 Å². The number of benzene rings is 2. The molecular formula is C22H26FN3O2S. The van der Waals surface area contributed by atoms with E-state index in [-0.39, 0.29) is 17.9 Å². The Morgan fingerprint density at radius 2 is 2.03 bits per heavy atom. The molecule has 0 radical (unpaired) electrons. The summed E-state index contributed by atoms with van der Waals surface area (Å²) >= 11 is 1.74. The molecule has 1 heterocycles. The Labute approximate surface area is 174 Å². The molecule has 0 aliphatic carbocycles. The average Bonchev–Trinajstić information content (AvgIpc) is 3.10. The van der Waals surface area contributed by atoms with Crippen molar-refractivity contribution in [3.63, 3.8) is 0 Å². The van der Waals surface area contributed by atoms with Gasteiger partial charge in [0, 0.05) is 41.4 Å². The second-order valence-corrected chi connectivity index (χ2v) is 7.95. The van der Waals surface area contributed by atoms with Gasteiger partial charge in [-0.05, 0) is 54.8 Å². The standard InChI is InChI=1S/C22H26FN3O2S/c1-15(16-3-6-19(7-4-16)29-12-11-28-2)26-22(27)24-10-9-17-14-25-21-13-18(23)5-8-20(17)21/h3-8,13-15,25H,9-12H2,1-2H3,(H2,24,26,27). The number of amides is 2. The van der Waals surface area contributed by atoms with Crippen molar-refractivity contribution in [1.29, 1.82) is 0 Å². The number of hydrogen-bond donors (Lipinski definition) is 3. The Morgan fingerprint density at radius 3 is 2.79 bits per heavy atom. The Hall–Kier alpha value is -2.51. The lowest BCUT2D eigenvalue weighted by Gasteiger charge is -2.15.